The molecule has 0 unspecified atom stereocenters. The Balaban J connectivity index is 0.000000810. The van der Waals surface area contributed by atoms with Gasteiger partial charge in [0.1, 0.15) is 0 Å². The average molecular weight is 146 g/mol. The van der Waals surface area contributed by atoms with E-state index in [9.17, 15) is 9.90 Å². The minimum absolute atomic E-state index is 0. The van der Waals surface area contributed by atoms with Gasteiger partial charge in [-0.1, -0.05) is 12.2 Å². The van der Waals surface area contributed by atoms with E-state index in [0.717, 1.165) is 6.08 Å². The van der Waals surface area contributed by atoms with Crippen molar-refractivity contribution in [1.29, 1.82) is 0 Å². The molecule has 3 heteroatoms. The number of ketones is 1. The van der Waals surface area contributed by atoms with Crippen LogP contribution in [0.1, 0.15) is 12.8 Å². The van der Waals surface area contributed by atoms with Crippen LogP contribution in [-0.2, 0) is 4.79 Å². The van der Waals surface area contributed by atoms with Crippen molar-refractivity contribution in [1.82, 2.24) is 0 Å². The van der Waals surface area contributed by atoms with Gasteiger partial charge in [-0.3, -0.25) is 4.79 Å². The minimum atomic E-state index is -0.203. The van der Waals surface area contributed by atoms with Gasteiger partial charge in [0.15, 0.2) is 5.78 Å². The summed E-state index contributed by atoms with van der Waals surface area (Å²) in [6.45, 7) is 3.50. The molecule has 48 valence electrons. The fraction of sp³-hybridized carbons (Fsp3) is 0.286. The van der Waals surface area contributed by atoms with Crippen LogP contribution in [0.3, 0.4) is 0 Å². The fourth-order valence-corrected chi connectivity index (χ4v) is 0.718. The first-order valence-electron chi connectivity index (χ1n) is 2.80. The number of carbonyl (C=O) groups excluding carboxylic acids is 1. The number of hydrogen-bond donors (Lipinski definition) is 0. The Kier molecular flexibility index (Phi) is 3.94. The van der Waals surface area contributed by atoms with Crippen LogP contribution in [0.2, 0.25) is 0 Å². The maximum Gasteiger partial charge on any atom is 1.00 e. The molecule has 0 aromatic carbocycles. The minimum Gasteiger partial charge on any atom is -0.872 e. The van der Waals surface area contributed by atoms with E-state index in [1.54, 1.807) is 0 Å². The zero-order valence-electron chi connectivity index (χ0n) is 6.02. The van der Waals surface area contributed by atoms with Crippen LogP contribution < -0.4 is 34.7 Å². The Bertz CT molecular complexity index is 194. The molecule has 0 saturated heterocycles. The number of hydrogen-bond acceptors (Lipinski definition) is 2. The molecule has 0 saturated carbocycles. The van der Waals surface area contributed by atoms with Crippen molar-refractivity contribution in [2.45, 2.75) is 12.8 Å². The number of carbonyl (C=O) groups is 1. The summed E-state index contributed by atoms with van der Waals surface area (Å²) in [6, 6.07) is 0. The van der Waals surface area contributed by atoms with Crippen LogP contribution in [0.25, 0.3) is 0 Å². The van der Waals surface area contributed by atoms with Gasteiger partial charge in [-0.05, 0) is 12.5 Å². The van der Waals surface area contributed by atoms with Gasteiger partial charge in [0.2, 0.25) is 0 Å². The van der Waals surface area contributed by atoms with Crippen molar-refractivity contribution in [2.75, 3.05) is 0 Å². The first-order chi connectivity index (χ1) is 4.20. The molecule has 0 fully saturated rings. The van der Waals surface area contributed by atoms with Gasteiger partial charge < -0.3 is 5.11 Å². The molecule has 0 spiro atoms. The summed E-state index contributed by atoms with van der Waals surface area (Å²) in [5.74, 6) is -0.279. The largest absolute Gasteiger partial charge is 1.00 e. The molecule has 2 nitrogen and oxygen atoms in total. The van der Waals surface area contributed by atoms with Gasteiger partial charge in [0.25, 0.3) is 0 Å². The van der Waals surface area contributed by atoms with Crippen LogP contribution in [-0.4, -0.2) is 5.78 Å². The molecule has 0 atom stereocenters. The average Bonchev–Trinajstić information content (AvgIpc) is 1.80. The molecule has 0 aromatic heterocycles. The third kappa shape index (κ3) is 2.29. The number of allylic oxidation sites excluding steroid dienone is 2. The molecule has 0 aliphatic heterocycles. The first kappa shape index (κ1) is 9.95. The van der Waals surface area contributed by atoms with E-state index in [1.165, 1.54) is 0 Å². The van der Waals surface area contributed by atoms with Gasteiger partial charge in [-0.2, -0.15) is 0 Å². The maximum absolute atomic E-state index is 10.6. The Morgan fingerprint density at radius 3 is 2.50 bits per heavy atom. The Morgan fingerprint density at radius 1 is 1.50 bits per heavy atom. The summed E-state index contributed by atoms with van der Waals surface area (Å²) in [5, 5.41) is 10.6. The second-order valence-electron chi connectivity index (χ2n) is 2.08. The zero-order valence-corrected chi connectivity index (χ0v) is 8.02. The molecule has 0 N–H and O–H groups in total. The molecule has 1 rings (SSSR count). The van der Waals surface area contributed by atoms with Crippen LogP contribution in [0, 0.1) is 0 Å². The van der Waals surface area contributed by atoms with E-state index in [4.69, 9.17) is 0 Å². The van der Waals surface area contributed by atoms with Crippen molar-refractivity contribution in [2.24, 2.45) is 0 Å². The summed E-state index contributed by atoms with van der Waals surface area (Å²) in [6.07, 6.45) is 2.10. The normalized spacial score (nSPS) is 17.8. The van der Waals surface area contributed by atoms with Crippen LogP contribution in [0.15, 0.2) is 24.0 Å². The smallest absolute Gasteiger partial charge is 0.872 e. The molecule has 1 aliphatic rings. The van der Waals surface area contributed by atoms with Crippen molar-refractivity contribution in [3.8, 4) is 0 Å². The third-order valence-electron chi connectivity index (χ3n) is 1.31. The molecule has 10 heavy (non-hydrogen) atoms. The van der Waals surface area contributed by atoms with Gasteiger partial charge in [-0.15, -0.1) is 5.76 Å². The molecular weight excluding hydrogens is 139 g/mol. The molecule has 1 aliphatic carbocycles. The monoisotopic (exact) mass is 146 g/mol. The summed E-state index contributed by atoms with van der Waals surface area (Å²) in [5.41, 5.74) is 0.551. The van der Waals surface area contributed by atoms with Crippen molar-refractivity contribution in [3.05, 3.63) is 24.0 Å². The quantitative estimate of drug-likeness (QED) is 0.345. The Labute approximate surface area is 81.9 Å². The summed E-state index contributed by atoms with van der Waals surface area (Å²) in [7, 11) is 0. The first-order valence-corrected chi connectivity index (χ1v) is 2.80. The van der Waals surface area contributed by atoms with Crippen molar-refractivity contribution >= 4 is 5.78 Å². The van der Waals surface area contributed by atoms with Gasteiger partial charge in [0.05, 0.1) is 0 Å². The third-order valence-corrected chi connectivity index (χ3v) is 1.31. The van der Waals surface area contributed by atoms with E-state index < -0.39 is 0 Å². The number of rotatable bonds is 0. The molecule has 0 bridgehead atoms. The SMILES string of the molecule is C=C1CCC(=O)C=C1[O-].[Na+]. The summed E-state index contributed by atoms with van der Waals surface area (Å²) in [4.78, 5) is 10.5. The zero-order chi connectivity index (χ0) is 6.85. The van der Waals surface area contributed by atoms with E-state index in [0.29, 0.717) is 18.4 Å². The predicted octanol–water partition coefficient (Wildman–Crippen LogP) is -2.85. The maximum atomic E-state index is 10.6. The van der Waals surface area contributed by atoms with Gasteiger partial charge in [-0.25, -0.2) is 0 Å². The Hall–Kier alpha value is -0.0500. The van der Waals surface area contributed by atoms with Crippen LogP contribution in [0.5, 0.6) is 0 Å². The van der Waals surface area contributed by atoms with Crippen molar-refractivity contribution in [3.63, 3.8) is 0 Å². The topological polar surface area (TPSA) is 40.1 Å². The van der Waals surface area contributed by atoms with E-state index >= 15 is 0 Å². The second-order valence-corrected chi connectivity index (χ2v) is 2.08. The summed E-state index contributed by atoms with van der Waals surface area (Å²) >= 11 is 0. The van der Waals surface area contributed by atoms with E-state index in [2.05, 4.69) is 6.58 Å². The standard InChI is InChI=1S/C7H8O2.Na/c1-5-2-3-6(8)4-7(5)9;/h4,9H,1-3H2;/q;+1/p-1. The molecule has 0 amide bonds. The van der Waals surface area contributed by atoms with E-state index in [-0.39, 0.29) is 41.1 Å². The molecular formula is C7H7NaO2. The fourth-order valence-electron chi connectivity index (χ4n) is 0.718. The second kappa shape index (κ2) is 3.96. The van der Waals surface area contributed by atoms with E-state index in [1.807, 2.05) is 0 Å². The Morgan fingerprint density at radius 2 is 2.10 bits per heavy atom. The van der Waals surface area contributed by atoms with Crippen molar-refractivity contribution < 1.29 is 39.5 Å². The van der Waals surface area contributed by atoms with Gasteiger partial charge in [0, 0.05) is 6.42 Å². The van der Waals surface area contributed by atoms with Crippen LogP contribution in [0.4, 0.5) is 0 Å². The van der Waals surface area contributed by atoms with Gasteiger partial charge >= 0.3 is 29.6 Å². The predicted molar refractivity (Wildman–Crippen MR) is 31.5 cm³/mol. The summed E-state index contributed by atoms with van der Waals surface area (Å²) < 4.78 is 0. The van der Waals surface area contributed by atoms with Crippen LogP contribution >= 0.6 is 0 Å². The molecule has 0 radical (unpaired) electrons. The molecule has 0 aromatic rings. The molecule has 0 heterocycles.